The van der Waals surface area contributed by atoms with E-state index in [1.807, 2.05) is 60.8 Å². The molecule has 1 aromatic heterocycles. The van der Waals surface area contributed by atoms with Gasteiger partial charge in [0.05, 0.1) is 0 Å². The van der Waals surface area contributed by atoms with Gasteiger partial charge in [0.25, 0.3) is 5.91 Å². The lowest BCUT2D eigenvalue weighted by Gasteiger charge is -2.11. The molecule has 3 aromatic rings. The van der Waals surface area contributed by atoms with E-state index in [1.54, 1.807) is 18.0 Å². The number of carbonyl (C=O) groups is 1. The van der Waals surface area contributed by atoms with Crippen LogP contribution < -0.4 is 10.1 Å². The third-order valence-electron chi connectivity index (χ3n) is 3.98. The summed E-state index contributed by atoms with van der Waals surface area (Å²) in [4.78, 5) is 17.4. The first-order valence-corrected chi connectivity index (χ1v) is 9.85. The minimum Gasteiger partial charge on any atom is -0.483 e. The molecule has 27 heavy (non-hydrogen) atoms. The van der Waals surface area contributed by atoms with Crippen LogP contribution in [-0.4, -0.2) is 17.5 Å². The maximum absolute atomic E-state index is 12.1. The zero-order chi connectivity index (χ0) is 18.9. The van der Waals surface area contributed by atoms with E-state index in [0.717, 1.165) is 34.1 Å². The fourth-order valence-electron chi connectivity index (χ4n) is 2.56. The summed E-state index contributed by atoms with van der Waals surface area (Å²) in [6.45, 7) is 2.06. The number of nitrogens with one attached hydrogen (secondary N) is 1. The highest BCUT2D eigenvalue weighted by Crippen LogP contribution is 2.24. The van der Waals surface area contributed by atoms with Crippen molar-refractivity contribution in [2.45, 2.75) is 24.0 Å². The number of ether oxygens (including phenoxy) is 1. The Hall–Kier alpha value is -2.79. The molecule has 3 rings (SSSR count). The SMILES string of the molecule is CCc1ccccc1OCC(=O)Nc1ccc(SCc2cccnc2)cc1. The Morgan fingerprint density at radius 1 is 1.07 bits per heavy atom. The van der Waals surface area contributed by atoms with E-state index in [0.29, 0.717) is 0 Å². The molecule has 0 aliphatic heterocycles. The van der Waals surface area contributed by atoms with Crippen LogP contribution in [0.3, 0.4) is 0 Å². The van der Waals surface area contributed by atoms with Crippen LogP contribution in [0.15, 0.2) is 78.0 Å². The number of para-hydroxylation sites is 1. The third-order valence-corrected chi connectivity index (χ3v) is 5.06. The van der Waals surface area contributed by atoms with Crippen LogP contribution in [0.25, 0.3) is 0 Å². The number of anilines is 1. The molecule has 0 saturated carbocycles. The number of pyridine rings is 1. The lowest BCUT2D eigenvalue weighted by molar-refractivity contribution is -0.118. The second kappa shape index (κ2) is 9.78. The van der Waals surface area contributed by atoms with E-state index in [4.69, 9.17) is 4.74 Å². The molecule has 4 nitrogen and oxygen atoms in total. The summed E-state index contributed by atoms with van der Waals surface area (Å²) < 4.78 is 5.65. The molecule has 2 aromatic carbocycles. The summed E-state index contributed by atoms with van der Waals surface area (Å²) in [5, 5.41) is 2.87. The summed E-state index contributed by atoms with van der Waals surface area (Å²) in [6.07, 6.45) is 4.52. The van der Waals surface area contributed by atoms with Gasteiger partial charge in [0.1, 0.15) is 5.75 Å². The quantitative estimate of drug-likeness (QED) is 0.563. The van der Waals surface area contributed by atoms with Gasteiger partial charge in [-0.1, -0.05) is 31.2 Å². The number of nitrogens with zero attached hydrogens (tertiary/aromatic N) is 1. The van der Waals surface area contributed by atoms with E-state index >= 15 is 0 Å². The number of rotatable bonds is 8. The molecule has 0 saturated heterocycles. The minimum atomic E-state index is -0.170. The average Bonchev–Trinajstić information content (AvgIpc) is 2.72. The number of aromatic nitrogens is 1. The number of hydrogen-bond acceptors (Lipinski definition) is 4. The van der Waals surface area contributed by atoms with Crippen molar-refractivity contribution in [1.29, 1.82) is 0 Å². The number of aryl methyl sites for hydroxylation is 1. The van der Waals surface area contributed by atoms with Gasteiger partial charge in [0.15, 0.2) is 6.61 Å². The van der Waals surface area contributed by atoms with Crippen molar-refractivity contribution in [2.75, 3.05) is 11.9 Å². The first-order chi connectivity index (χ1) is 13.2. The summed E-state index contributed by atoms with van der Waals surface area (Å²) in [6, 6.07) is 19.6. The number of thioether (sulfide) groups is 1. The standard InChI is InChI=1S/C22H22N2O2S/c1-2-18-7-3-4-8-21(18)26-15-22(25)24-19-9-11-20(12-10-19)27-16-17-6-5-13-23-14-17/h3-14H,2,15-16H2,1H3,(H,24,25). The third kappa shape index (κ3) is 5.86. The van der Waals surface area contributed by atoms with E-state index in [-0.39, 0.29) is 12.5 Å². The molecule has 1 amide bonds. The molecule has 0 fully saturated rings. The monoisotopic (exact) mass is 378 g/mol. The van der Waals surface area contributed by atoms with Crippen molar-refractivity contribution in [1.82, 2.24) is 4.98 Å². The van der Waals surface area contributed by atoms with E-state index in [2.05, 4.69) is 23.3 Å². The molecule has 0 bridgehead atoms. The topological polar surface area (TPSA) is 51.2 Å². The Morgan fingerprint density at radius 2 is 1.89 bits per heavy atom. The lowest BCUT2D eigenvalue weighted by Crippen LogP contribution is -2.20. The molecule has 0 spiro atoms. The summed E-state index contributed by atoms with van der Waals surface area (Å²) in [5.41, 5.74) is 3.04. The van der Waals surface area contributed by atoms with Crippen LogP contribution in [0.2, 0.25) is 0 Å². The molecule has 1 N–H and O–H groups in total. The molecule has 0 aliphatic carbocycles. The van der Waals surface area contributed by atoms with Gasteiger partial charge in [-0.15, -0.1) is 11.8 Å². The predicted molar refractivity (Wildman–Crippen MR) is 110 cm³/mol. The number of hydrogen-bond donors (Lipinski definition) is 1. The Bertz CT molecular complexity index is 867. The molecule has 138 valence electrons. The van der Waals surface area contributed by atoms with Crippen LogP contribution in [0.1, 0.15) is 18.1 Å². The number of benzene rings is 2. The van der Waals surface area contributed by atoms with Crippen molar-refractivity contribution >= 4 is 23.4 Å². The van der Waals surface area contributed by atoms with Gasteiger partial charge in [-0.25, -0.2) is 0 Å². The summed E-state index contributed by atoms with van der Waals surface area (Å²) in [7, 11) is 0. The highest BCUT2D eigenvalue weighted by atomic mass is 32.2. The maximum atomic E-state index is 12.1. The molecule has 0 aliphatic rings. The van der Waals surface area contributed by atoms with Crippen molar-refractivity contribution in [2.24, 2.45) is 0 Å². The number of amides is 1. The molecular weight excluding hydrogens is 356 g/mol. The van der Waals surface area contributed by atoms with Gasteiger partial charge in [-0.3, -0.25) is 9.78 Å². The molecule has 0 unspecified atom stereocenters. The van der Waals surface area contributed by atoms with E-state index < -0.39 is 0 Å². The fourth-order valence-corrected chi connectivity index (χ4v) is 3.39. The van der Waals surface area contributed by atoms with Gasteiger partial charge >= 0.3 is 0 Å². The summed E-state index contributed by atoms with van der Waals surface area (Å²) in [5.74, 6) is 1.46. The van der Waals surface area contributed by atoms with E-state index in [1.165, 1.54) is 5.56 Å². The van der Waals surface area contributed by atoms with Crippen molar-refractivity contribution in [3.63, 3.8) is 0 Å². The van der Waals surface area contributed by atoms with Crippen LogP contribution in [0, 0.1) is 0 Å². The number of carbonyl (C=O) groups excluding carboxylic acids is 1. The molecule has 0 atom stereocenters. The second-order valence-electron chi connectivity index (χ2n) is 5.97. The molecule has 5 heteroatoms. The summed E-state index contributed by atoms with van der Waals surface area (Å²) >= 11 is 1.74. The fraction of sp³-hybridized carbons (Fsp3) is 0.182. The molecule has 1 heterocycles. The van der Waals surface area contributed by atoms with Gasteiger partial charge in [-0.2, -0.15) is 0 Å². The van der Waals surface area contributed by atoms with Gasteiger partial charge in [-0.05, 0) is 53.9 Å². The average molecular weight is 378 g/mol. The van der Waals surface area contributed by atoms with Crippen molar-refractivity contribution in [3.8, 4) is 5.75 Å². The zero-order valence-corrected chi connectivity index (χ0v) is 16.0. The highest BCUT2D eigenvalue weighted by Gasteiger charge is 2.06. The normalized spacial score (nSPS) is 10.4. The van der Waals surface area contributed by atoms with Gasteiger partial charge in [0, 0.05) is 28.7 Å². The predicted octanol–water partition coefficient (Wildman–Crippen LogP) is 4.95. The molecular formula is C22H22N2O2S. The Kier molecular flexibility index (Phi) is 6.88. The Balaban J connectivity index is 1.48. The molecule has 0 radical (unpaired) electrons. The van der Waals surface area contributed by atoms with Gasteiger partial charge < -0.3 is 10.1 Å². The van der Waals surface area contributed by atoms with Gasteiger partial charge in [0.2, 0.25) is 0 Å². The smallest absolute Gasteiger partial charge is 0.262 e. The lowest BCUT2D eigenvalue weighted by atomic mass is 10.1. The minimum absolute atomic E-state index is 0.00543. The van der Waals surface area contributed by atoms with Crippen LogP contribution in [0.4, 0.5) is 5.69 Å². The van der Waals surface area contributed by atoms with Crippen molar-refractivity contribution in [3.05, 3.63) is 84.2 Å². The Morgan fingerprint density at radius 3 is 2.63 bits per heavy atom. The Labute approximate surface area is 164 Å². The second-order valence-corrected chi connectivity index (χ2v) is 7.02. The maximum Gasteiger partial charge on any atom is 0.262 e. The first-order valence-electron chi connectivity index (χ1n) is 8.87. The van der Waals surface area contributed by atoms with Crippen molar-refractivity contribution < 1.29 is 9.53 Å². The van der Waals surface area contributed by atoms with E-state index in [9.17, 15) is 4.79 Å². The largest absolute Gasteiger partial charge is 0.483 e. The highest BCUT2D eigenvalue weighted by molar-refractivity contribution is 7.98. The first kappa shape index (κ1) is 19.0. The van der Waals surface area contributed by atoms with Crippen LogP contribution in [0.5, 0.6) is 5.75 Å². The van der Waals surface area contributed by atoms with Crippen LogP contribution in [-0.2, 0) is 17.0 Å². The zero-order valence-electron chi connectivity index (χ0n) is 15.2. The van der Waals surface area contributed by atoms with Crippen LogP contribution >= 0.6 is 11.8 Å².